The molecule has 27 heavy (non-hydrogen) atoms. The molecule has 0 spiro atoms. The number of anilines is 1. The molecule has 0 fully saturated rings. The average molecular weight is 392 g/mol. The van der Waals surface area contributed by atoms with Crippen LogP contribution < -0.4 is 19.5 Å². The molecule has 2 aromatic carbocycles. The highest BCUT2D eigenvalue weighted by molar-refractivity contribution is 6.32. The van der Waals surface area contributed by atoms with Gasteiger partial charge in [0.1, 0.15) is 5.75 Å². The predicted molar refractivity (Wildman–Crippen MR) is 99.0 cm³/mol. The SMILES string of the molecule is COc1cccc(NC(=O)COC(=O)c2cc(Cl)c3c(c2)OCCCO3)c1. The van der Waals surface area contributed by atoms with Crippen molar-refractivity contribution in [2.24, 2.45) is 0 Å². The van der Waals surface area contributed by atoms with Gasteiger partial charge in [0, 0.05) is 18.2 Å². The van der Waals surface area contributed by atoms with Gasteiger partial charge in [0.05, 0.1) is 30.9 Å². The number of carbonyl (C=O) groups is 2. The summed E-state index contributed by atoms with van der Waals surface area (Å²) in [5, 5.41) is 2.88. The number of amides is 1. The molecule has 0 unspecified atom stereocenters. The number of halogens is 1. The first-order valence-corrected chi connectivity index (χ1v) is 8.65. The number of methoxy groups -OCH3 is 1. The van der Waals surface area contributed by atoms with E-state index in [9.17, 15) is 9.59 Å². The summed E-state index contributed by atoms with van der Waals surface area (Å²) in [5.41, 5.74) is 0.715. The molecule has 2 aromatic rings. The summed E-state index contributed by atoms with van der Waals surface area (Å²) >= 11 is 6.16. The van der Waals surface area contributed by atoms with Crippen LogP contribution in [0.25, 0.3) is 0 Å². The Hall–Kier alpha value is -2.93. The number of ether oxygens (including phenoxy) is 4. The largest absolute Gasteiger partial charge is 0.497 e. The van der Waals surface area contributed by atoms with Gasteiger partial charge in [-0.25, -0.2) is 4.79 Å². The molecule has 1 amide bonds. The zero-order valence-corrected chi connectivity index (χ0v) is 15.4. The van der Waals surface area contributed by atoms with Gasteiger partial charge >= 0.3 is 5.97 Å². The molecule has 142 valence electrons. The van der Waals surface area contributed by atoms with Crippen molar-refractivity contribution < 1.29 is 28.5 Å². The maximum Gasteiger partial charge on any atom is 0.338 e. The van der Waals surface area contributed by atoms with Gasteiger partial charge in [0.15, 0.2) is 18.1 Å². The van der Waals surface area contributed by atoms with E-state index in [1.165, 1.54) is 19.2 Å². The highest BCUT2D eigenvalue weighted by Gasteiger charge is 2.19. The van der Waals surface area contributed by atoms with Crippen LogP contribution >= 0.6 is 11.6 Å². The first kappa shape index (κ1) is 18.8. The lowest BCUT2D eigenvalue weighted by Crippen LogP contribution is -2.21. The maximum atomic E-state index is 12.2. The molecular formula is C19H18ClNO6. The number of carbonyl (C=O) groups excluding carboxylic acids is 2. The summed E-state index contributed by atoms with van der Waals surface area (Å²) < 4.78 is 21.2. The Morgan fingerprint density at radius 3 is 2.81 bits per heavy atom. The third-order valence-corrected chi connectivity index (χ3v) is 4.01. The highest BCUT2D eigenvalue weighted by atomic mass is 35.5. The molecule has 3 rings (SSSR count). The molecule has 0 saturated carbocycles. The van der Waals surface area contributed by atoms with Gasteiger partial charge in [-0.05, 0) is 24.3 Å². The molecule has 1 aliphatic rings. The molecule has 8 heteroatoms. The second-order valence-corrected chi connectivity index (χ2v) is 6.10. The molecule has 1 aliphatic heterocycles. The van der Waals surface area contributed by atoms with Crippen LogP contribution in [0.2, 0.25) is 5.02 Å². The van der Waals surface area contributed by atoms with Crippen LogP contribution in [0, 0.1) is 0 Å². The normalized spacial score (nSPS) is 12.7. The molecule has 0 atom stereocenters. The van der Waals surface area contributed by atoms with E-state index in [4.69, 9.17) is 30.5 Å². The number of nitrogens with one attached hydrogen (secondary N) is 1. The van der Waals surface area contributed by atoms with Crippen LogP contribution in [-0.2, 0) is 9.53 Å². The van der Waals surface area contributed by atoms with Gasteiger partial charge in [-0.15, -0.1) is 0 Å². The van der Waals surface area contributed by atoms with Crippen molar-refractivity contribution in [3.8, 4) is 17.2 Å². The fourth-order valence-electron chi connectivity index (χ4n) is 2.46. The Kier molecular flexibility index (Phi) is 6.03. The van der Waals surface area contributed by atoms with Crippen LogP contribution in [0.1, 0.15) is 16.8 Å². The Morgan fingerprint density at radius 1 is 1.19 bits per heavy atom. The lowest BCUT2D eigenvalue weighted by Gasteiger charge is -2.11. The molecule has 0 aliphatic carbocycles. The molecule has 0 aromatic heterocycles. The quantitative estimate of drug-likeness (QED) is 0.787. The third kappa shape index (κ3) is 4.83. The van der Waals surface area contributed by atoms with Crippen molar-refractivity contribution in [2.45, 2.75) is 6.42 Å². The Balaban J connectivity index is 1.61. The lowest BCUT2D eigenvalue weighted by atomic mass is 10.2. The second kappa shape index (κ2) is 8.64. The smallest absolute Gasteiger partial charge is 0.338 e. The maximum absolute atomic E-state index is 12.2. The highest BCUT2D eigenvalue weighted by Crippen LogP contribution is 2.38. The minimum absolute atomic E-state index is 0.179. The average Bonchev–Trinajstić information content (AvgIpc) is 2.92. The van der Waals surface area contributed by atoms with Crippen molar-refractivity contribution in [2.75, 3.05) is 32.2 Å². The molecule has 0 bridgehead atoms. The zero-order valence-electron chi connectivity index (χ0n) is 14.6. The van der Waals surface area contributed by atoms with Crippen LogP contribution in [0.5, 0.6) is 17.2 Å². The van der Waals surface area contributed by atoms with Crippen molar-refractivity contribution in [1.29, 1.82) is 0 Å². The Bertz CT molecular complexity index is 854. The van der Waals surface area contributed by atoms with Crippen molar-refractivity contribution in [3.63, 3.8) is 0 Å². The topological polar surface area (TPSA) is 83.1 Å². The molecule has 7 nitrogen and oxygen atoms in total. The first-order chi connectivity index (χ1) is 13.1. The molecule has 1 N–H and O–H groups in total. The van der Waals surface area contributed by atoms with E-state index in [-0.39, 0.29) is 10.6 Å². The number of hydrogen-bond acceptors (Lipinski definition) is 6. The summed E-state index contributed by atoms with van der Waals surface area (Å²) in [7, 11) is 1.53. The van der Waals surface area contributed by atoms with E-state index in [0.29, 0.717) is 36.1 Å². The summed E-state index contributed by atoms with van der Waals surface area (Å²) in [6, 6.07) is 9.77. The minimum atomic E-state index is -0.687. The third-order valence-electron chi connectivity index (χ3n) is 3.73. The summed E-state index contributed by atoms with van der Waals surface area (Å²) in [5.74, 6) is 0.228. The Labute approximate surface area is 161 Å². The monoisotopic (exact) mass is 391 g/mol. The van der Waals surface area contributed by atoms with Crippen LogP contribution in [0.4, 0.5) is 5.69 Å². The second-order valence-electron chi connectivity index (χ2n) is 5.69. The van der Waals surface area contributed by atoms with Crippen molar-refractivity contribution >= 4 is 29.2 Å². The molecular weight excluding hydrogens is 374 g/mol. The van der Waals surface area contributed by atoms with Crippen LogP contribution in [-0.4, -0.2) is 38.8 Å². The van der Waals surface area contributed by atoms with Gasteiger partial charge in [0.25, 0.3) is 5.91 Å². The van der Waals surface area contributed by atoms with Gasteiger partial charge in [0.2, 0.25) is 0 Å². The molecule has 0 radical (unpaired) electrons. The fraction of sp³-hybridized carbons (Fsp3) is 0.263. The van der Waals surface area contributed by atoms with E-state index in [2.05, 4.69) is 5.32 Å². The fourth-order valence-corrected chi connectivity index (χ4v) is 2.73. The Morgan fingerprint density at radius 2 is 2.00 bits per heavy atom. The van der Waals surface area contributed by atoms with Crippen LogP contribution in [0.15, 0.2) is 36.4 Å². The van der Waals surface area contributed by atoms with Gasteiger partial charge in [-0.2, -0.15) is 0 Å². The van der Waals surface area contributed by atoms with Crippen molar-refractivity contribution in [1.82, 2.24) is 0 Å². The van der Waals surface area contributed by atoms with Crippen molar-refractivity contribution in [3.05, 3.63) is 47.0 Å². The number of fused-ring (bicyclic) bond motifs is 1. The van der Waals surface area contributed by atoms with Crippen LogP contribution in [0.3, 0.4) is 0 Å². The molecule has 0 saturated heterocycles. The van der Waals surface area contributed by atoms with E-state index in [1.807, 2.05) is 0 Å². The zero-order chi connectivity index (χ0) is 19.2. The predicted octanol–water partition coefficient (Wildman–Crippen LogP) is 3.31. The lowest BCUT2D eigenvalue weighted by molar-refractivity contribution is -0.119. The minimum Gasteiger partial charge on any atom is -0.497 e. The van der Waals surface area contributed by atoms with Gasteiger partial charge in [-0.1, -0.05) is 17.7 Å². The van der Waals surface area contributed by atoms with Gasteiger partial charge in [-0.3, -0.25) is 4.79 Å². The number of benzene rings is 2. The van der Waals surface area contributed by atoms with E-state index >= 15 is 0 Å². The number of esters is 1. The summed E-state index contributed by atoms with van der Waals surface area (Å²) in [4.78, 5) is 24.2. The number of rotatable bonds is 5. The molecule has 1 heterocycles. The van der Waals surface area contributed by atoms with E-state index in [1.54, 1.807) is 24.3 Å². The number of hydrogen-bond donors (Lipinski definition) is 1. The first-order valence-electron chi connectivity index (χ1n) is 8.27. The summed E-state index contributed by atoms with van der Waals surface area (Å²) in [6.07, 6.45) is 0.717. The van der Waals surface area contributed by atoms with E-state index < -0.39 is 18.5 Å². The van der Waals surface area contributed by atoms with Gasteiger partial charge < -0.3 is 24.3 Å². The standard InChI is InChI=1S/C19H18ClNO6/c1-24-14-5-2-4-13(10-14)21-17(22)11-27-19(23)12-8-15(20)18-16(9-12)25-6-3-7-26-18/h2,4-5,8-10H,3,6-7,11H2,1H3,(H,21,22). The van der Waals surface area contributed by atoms with E-state index in [0.717, 1.165) is 6.42 Å². The summed E-state index contributed by atoms with van der Waals surface area (Å²) in [6.45, 7) is 0.508.